The van der Waals surface area contributed by atoms with Crippen molar-refractivity contribution in [3.05, 3.63) is 11.1 Å². The summed E-state index contributed by atoms with van der Waals surface area (Å²) >= 11 is 0. The molecular weight excluding hydrogens is 325 g/mol. The lowest BCUT2D eigenvalue weighted by Gasteiger charge is -2.55. The molecule has 0 aromatic rings. The zero-order valence-electron chi connectivity index (χ0n) is 18.7. The Morgan fingerprint density at radius 2 is 2.04 bits per heavy atom. The average molecular weight is 361 g/mol. The Bertz CT molecular complexity index is 775. The van der Waals surface area contributed by atoms with Crippen molar-refractivity contribution in [2.75, 3.05) is 13.2 Å². The third kappa shape index (κ3) is 2.13. The smallest absolute Gasteiger partial charge is 0.172 e. The van der Waals surface area contributed by atoms with E-state index in [1.807, 2.05) is 0 Å². The van der Waals surface area contributed by atoms with E-state index in [0.29, 0.717) is 38.4 Å². The van der Waals surface area contributed by atoms with Gasteiger partial charge in [-0.15, -0.1) is 6.42 Å². The van der Waals surface area contributed by atoms with Crippen LogP contribution in [0, 0.1) is 41.4 Å². The van der Waals surface area contributed by atoms with Gasteiger partial charge in [0.2, 0.25) is 0 Å². The molecule has 5 rings (SSSR count). The van der Waals surface area contributed by atoms with E-state index in [9.17, 15) is 5.11 Å². The Balaban J connectivity index is 1.55. The maximum Gasteiger partial charge on any atom is 0.172 e. The summed E-state index contributed by atoms with van der Waals surface area (Å²) in [7, 11) is 0. The summed E-state index contributed by atoms with van der Waals surface area (Å²) in [5.74, 6) is 2.31. The van der Waals surface area contributed by atoms with Crippen molar-refractivity contribution in [3.63, 3.8) is 0 Å². The number of allylic oxidation sites excluding steroid dienone is 1. The minimum Gasteiger partial charge on any atom is -0.377 e. The molecule has 1 heterocycles. The van der Waals surface area contributed by atoms with E-state index in [4.69, 9.17) is 20.0 Å². The molecule has 1 N–H and O–H groups in total. The van der Waals surface area contributed by atoms with E-state index in [0.717, 1.165) is 32.1 Å². The van der Waals surface area contributed by atoms with Crippen LogP contribution in [0.4, 0.5) is 0 Å². The summed E-state index contributed by atoms with van der Waals surface area (Å²) in [6.07, 6.45) is 12.1. The molecule has 0 aromatic carbocycles. The molecule has 0 unspecified atom stereocenters. The molecule has 2 saturated carbocycles. The minimum absolute atomic E-state index is 0.0711. The number of hydrogen-bond donors (Lipinski definition) is 1. The van der Waals surface area contributed by atoms with Crippen molar-refractivity contribution >= 4 is 0 Å². The molecule has 1 saturated heterocycles. The molecule has 3 fully saturated rings. The van der Waals surface area contributed by atoms with Gasteiger partial charge < -0.3 is 14.6 Å². The molecular formula is C23H32O3. The number of ether oxygens (including phenoxy) is 2. The van der Waals surface area contributed by atoms with Crippen LogP contribution in [0.3, 0.4) is 0 Å². The van der Waals surface area contributed by atoms with Crippen molar-refractivity contribution in [2.45, 2.75) is 76.5 Å². The lowest BCUT2D eigenvalue weighted by molar-refractivity contribution is -0.167. The number of hydrogen-bond acceptors (Lipinski definition) is 3. The number of fused-ring (bicyclic) bond motifs is 4. The highest BCUT2D eigenvalue weighted by molar-refractivity contribution is 5.31. The Labute approximate surface area is 161 Å². The lowest BCUT2D eigenvalue weighted by Crippen LogP contribution is -2.52. The van der Waals surface area contributed by atoms with Crippen LogP contribution in [0.2, 0.25) is 0 Å². The zero-order chi connectivity index (χ0) is 20.7. The standard InChI is InChI=1S/C23H32O3/c1-4-22(24)9-7-19-20-15(2)13-16-14-23(25-11-12-26-23)10-6-17(16)18(20)5-8-21(19,22)3/h1,15,18-20,24H,5-14H2,2-3H3/t15-,18-,19+,20-,21+,22+/m1/s1/i2+1D3. The van der Waals surface area contributed by atoms with Crippen molar-refractivity contribution in [1.82, 2.24) is 0 Å². The number of terminal acetylenes is 1. The average Bonchev–Trinajstić information content (AvgIpc) is 3.23. The van der Waals surface area contributed by atoms with Crippen molar-refractivity contribution in [3.8, 4) is 12.3 Å². The van der Waals surface area contributed by atoms with Gasteiger partial charge in [-0.05, 0) is 62.2 Å². The van der Waals surface area contributed by atoms with E-state index in [1.54, 1.807) is 0 Å². The summed E-state index contributed by atoms with van der Waals surface area (Å²) in [5.41, 5.74) is 1.24. The molecule has 6 atom stereocenters. The normalized spacial score (nSPS) is 51.7. The fourth-order valence-corrected chi connectivity index (χ4v) is 7.24. The zero-order valence-corrected chi connectivity index (χ0v) is 15.7. The Hall–Kier alpha value is -0.820. The van der Waals surface area contributed by atoms with Gasteiger partial charge in [-0.2, -0.15) is 0 Å². The first-order chi connectivity index (χ1) is 13.6. The summed E-state index contributed by atoms with van der Waals surface area (Å²) in [6, 6.07) is 0. The van der Waals surface area contributed by atoms with Gasteiger partial charge in [0.1, 0.15) is 5.60 Å². The second-order valence-electron chi connectivity index (χ2n) is 9.51. The predicted molar refractivity (Wildman–Crippen MR) is 100 cm³/mol. The fourth-order valence-electron chi connectivity index (χ4n) is 7.24. The Morgan fingerprint density at radius 1 is 1.23 bits per heavy atom. The van der Waals surface area contributed by atoms with Crippen LogP contribution in [0.5, 0.6) is 0 Å². The van der Waals surface area contributed by atoms with Gasteiger partial charge in [0.15, 0.2) is 5.79 Å². The molecule has 3 nitrogen and oxygen atoms in total. The van der Waals surface area contributed by atoms with Gasteiger partial charge in [-0.3, -0.25) is 0 Å². The van der Waals surface area contributed by atoms with E-state index >= 15 is 0 Å². The SMILES string of the molecule is [2H][13C]([2H])([2H])[C@@H]1CC2=C(CCC3(C2)OCCO3)[C@H]2CC[C@@]3(C)[C@@H](CC[C@@]3(O)C#C)[C@@H]21. The van der Waals surface area contributed by atoms with E-state index < -0.39 is 23.7 Å². The third-order valence-electron chi connectivity index (χ3n) is 8.63. The number of aliphatic hydroxyl groups is 1. The summed E-state index contributed by atoms with van der Waals surface area (Å²) < 4.78 is 37.0. The minimum atomic E-state index is -2.02. The van der Waals surface area contributed by atoms with Crippen LogP contribution >= 0.6 is 0 Å². The molecule has 0 amide bonds. The van der Waals surface area contributed by atoms with Crippen LogP contribution in [0.25, 0.3) is 0 Å². The molecule has 0 bridgehead atoms. The molecule has 26 heavy (non-hydrogen) atoms. The molecule has 0 aromatic heterocycles. The highest BCUT2D eigenvalue weighted by Crippen LogP contribution is 2.65. The molecule has 0 radical (unpaired) electrons. The quantitative estimate of drug-likeness (QED) is 0.402. The van der Waals surface area contributed by atoms with Gasteiger partial charge in [0, 0.05) is 22.4 Å². The molecule has 4 aliphatic carbocycles. The van der Waals surface area contributed by atoms with Crippen molar-refractivity contribution in [1.29, 1.82) is 0 Å². The van der Waals surface area contributed by atoms with Crippen LogP contribution in [0.1, 0.15) is 69.3 Å². The van der Waals surface area contributed by atoms with Gasteiger partial charge in [0.05, 0.1) is 13.2 Å². The topological polar surface area (TPSA) is 38.7 Å². The van der Waals surface area contributed by atoms with E-state index in [1.165, 1.54) is 11.1 Å². The van der Waals surface area contributed by atoms with Gasteiger partial charge in [-0.25, -0.2) is 0 Å². The Kier molecular flexibility index (Phi) is 3.06. The van der Waals surface area contributed by atoms with Gasteiger partial charge in [-0.1, -0.05) is 30.8 Å². The molecule has 1 spiro atoms. The first-order valence-corrected chi connectivity index (χ1v) is 10.3. The maximum absolute atomic E-state index is 11.2. The highest BCUT2D eigenvalue weighted by atomic mass is 16.7. The van der Waals surface area contributed by atoms with Crippen LogP contribution in [0.15, 0.2) is 11.1 Å². The van der Waals surface area contributed by atoms with Crippen molar-refractivity contribution < 1.29 is 18.7 Å². The predicted octanol–water partition coefficient (Wildman–Crippen LogP) is 4.06. The summed E-state index contributed by atoms with van der Waals surface area (Å²) in [6.45, 7) is 1.35. The molecule has 5 aliphatic rings. The van der Waals surface area contributed by atoms with Gasteiger partial charge >= 0.3 is 0 Å². The van der Waals surface area contributed by atoms with E-state index in [2.05, 4.69) is 12.8 Å². The van der Waals surface area contributed by atoms with Crippen LogP contribution in [-0.4, -0.2) is 29.7 Å². The largest absolute Gasteiger partial charge is 0.377 e. The number of rotatable bonds is 0. The summed E-state index contributed by atoms with van der Waals surface area (Å²) in [5, 5.41) is 11.2. The summed E-state index contributed by atoms with van der Waals surface area (Å²) in [4.78, 5) is 0. The van der Waals surface area contributed by atoms with Crippen LogP contribution < -0.4 is 0 Å². The Morgan fingerprint density at radius 3 is 2.77 bits per heavy atom. The fraction of sp³-hybridized carbons (Fsp3) is 0.826. The lowest BCUT2D eigenvalue weighted by atomic mass is 9.51. The van der Waals surface area contributed by atoms with Crippen LogP contribution in [-0.2, 0) is 9.47 Å². The monoisotopic (exact) mass is 360 g/mol. The van der Waals surface area contributed by atoms with Gasteiger partial charge in [0.25, 0.3) is 0 Å². The highest BCUT2D eigenvalue weighted by Gasteiger charge is 2.62. The van der Waals surface area contributed by atoms with Crippen molar-refractivity contribution in [2.24, 2.45) is 29.1 Å². The van der Waals surface area contributed by atoms with E-state index in [-0.39, 0.29) is 17.8 Å². The second-order valence-corrected chi connectivity index (χ2v) is 9.51. The first-order valence-electron chi connectivity index (χ1n) is 11.8. The molecule has 1 aliphatic heterocycles. The first kappa shape index (κ1) is 14.2. The third-order valence-corrected chi connectivity index (χ3v) is 8.63. The molecule has 3 heteroatoms. The molecule has 142 valence electrons. The second kappa shape index (κ2) is 5.60. The maximum atomic E-state index is 11.2.